The van der Waals surface area contributed by atoms with Crippen LogP contribution < -0.4 is 0 Å². The molecule has 2 heterocycles. The van der Waals surface area contributed by atoms with E-state index in [0.717, 1.165) is 17.5 Å². The predicted octanol–water partition coefficient (Wildman–Crippen LogP) is 7.15. The molecule has 1 aliphatic rings. The van der Waals surface area contributed by atoms with Crippen LogP contribution in [0.25, 0.3) is 0 Å². The lowest BCUT2D eigenvalue weighted by atomic mass is 9.85. The molecule has 0 saturated carbocycles. The topological polar surface area (TPSA) is 40.6 Å². The Morgan fingerprint density at radius 3 is 2.47 bits per heavy atom. The molecule has 0 bridgehead atoms. The Morgan fingerprint density at radius 2 is 1.83 bits per heavy atom. The van der Waals surface area contributed by atoms with Crippen molar-refractivity contribution in [2.75, 3.05) is 19.6 Å². The molecule has 3 aromatic rings. The zero-order valence-electron chi connectivity index (χ0n) is 20.8. The van der Waals surface area contributed by atoms with E-state index in [0.29, 0.717) is 22.2 Å². The van der Waals surface area contributed by atoms with Crippen molar-refractivity contribution in [2.45, 2.75) is 38.6 Å². The number of hydrogen-bond donors (Lipinski definition) is 0. The molecule has 0 fully saturated rings. The van der Waals surface area contributed by atoms with Gasteiger partial charge in [0.15, 0.2) is 0 Å². The molecule has 0 saturated heterocycles. The van der Waals surface area contributed by atoms with E-state index in [-0.39, 0.29) is 36.4 Å². The number of halogens is 2. The largest absolute Gasteiger partial charge is 0.330 e. The van der Waals surface area contributed by atoms with E-state index < -0.39 is 0 Å². The van der Waals surface area contributed by atoms with Gasteiger partial charge in [-0.1, -0.05) is 74.3 Å². The molecule has 188 valence electrons. The average molecular weight is 542 g/mol. The Kier molecular flexibility index (Phi) is 7.93. The van der Waals surface area contributed by atoms with Crippen molar-refractivity contribution in [1.29, 1.82) is 0 Å². The quantitative estimate of drug-likeness (QED) is 0.311. The predicted molar refractivity (Wildman–Crippen MR) is 149 cm³/mol. The number of rotatable bonds is 6. The van der Waals surface area contributed by atoms with Crippen LogP contribution in [0, 0.1) is 0 Å². The number of carbonyl (C=O) groups is 2. The molecule has 1 aliphatic heterocycles. The summed E-state index contributed by atoms with van der Waals surface area (Å²) in [5.74, 6) is -0.395. The molecular formula is C29H30Cl2N2O2S. The first-order chi connectivity index (χ1) is 17.1. The fourth-order valence-electron chi connectivity index (χ4n) is 4.55. The maximum Gasteiger partial charge on any atom is 0.254 e. The average Bonchev–Trinajstić information content (AvgIpc) is 3.33. The molecule has 7 heteroatoms. The van der Waals surface area contributed by atoms with Crippen molar-refractivity contribution >= 4 is 46.4 Å². The van der Waals surface area contributed by atoms with Gasteiger partial charge in [-0.25, -0.2) is 0 Å². The van der Waals surface area contributed by atoms with Crippen molar-refractivity contribution < 1.29 is 9.59 Å². The zero-order chi connectivity index (χ0) is 26.0. The van der Waals surface area contributed by atoms with E-state index >= 15 is 0 Å². The molecule has 36 heavy (non-hydrogen) atoms. The number of amides is 2. The monoisotopic (exact) mass is 540 g/mol. The van der Waals surface area contributed by atoms with Crippen molar-refractivity contribution in [2.24, 2.45) is 0 Å². The van der Waals surface area contributed by atoms with Gasteiger partial charge >= 0.3 is 0 Å². The van der Waals surface area contributed by atoms with Gasteiger partial charge < -0.3 is 9.80 Å². The minimum atomic E-state index is -0.291. The van der Waals surface area contributed by atoms with E-state index in [1.54, 1.807) is 29.5 Å². The van der Waals surface area contributed by atoms with E-state index in [1.165, 1.54) is 21.4 Å². The fraction of sp³-hybridized carbons (Fsp3) is 0.310. The fourth-order valence-corrected chi connectivity index (χ4v) is 5.75. The smallest absolute Gasteiger partial charge is 0.254 e. The normalized spacial score (nSPS) is 15.4. The summed E-state index contributed by atoms with van der Waals surface area (Å²) in [6.07, 6.45) is 2.43. The number of thiophene rings is 1. The molecule has 1 unspecified atom stereocenters. The van der Waals surface area contributed by atoms with E-state index in [4.69, 9.17) is 23.2 Å². The maximum atomic E-state index is 13.7. The summed E-state index contributed by atoms with van der Waals surface area (Å²) in [4.78, 5) is 31.7. The van der Waals surface area contributed by atoms with Gasteiger partial charge in [-0.15, -0.1) is 17.9 Å². The molecule has 2 aromatic carbocycles. The van der Waals surface area contributed by atoms with Crippen molar-refractivity contribution in [3.8, 4) is 0 Å². The highest BCUT2D eigenvalue weighted by Gasteiger charge is 2.34. The lowest BCUT2D eigenvalue weighted by molar-refractivity contribution is -0.133. The minimum absolute atomic E-state index is 0.0459. The second kappa shape index (κ2) is 10.8. The van der Waals surface area contributed by atoms with Gasteiger partial charge in [0.1, 0.15) is 6.54 Å². The summed E-state index contributed by atoms with van der Waals surface area (Å²) >= 11 is 13.9. The maximum absolute atomic E-state index is 13.7. The van der Waals surface area contributed by atoms with Gasteiger partial charge in [-0.05, 0) is 58.2 Å². The van der Waals surface area contributed by atoms with Gasteiger partial charge in [0.25, 0.3) is 5.91 Å². The summed E-state index contributed by atoms with van der Waals surface area (Å²) in [5, 5.41) is 2.76. The zero-order valence-corrected chi connectivity index (χ0v) is 23.1. The summed E-state index contributed by atoms with van der Waals surface area (Å²) < 4.78 is 0. The van der Waals surface area contributed by atoms with Crippen LogP contribution in [0.4, 0.5) is 0 Å². The highest BCUT2D eigenvalue weighted by molar-refractivity contribution is 7.10. The highest BCUT2D eigenvalue weighted by atomic mass is 35.5. The standard InChI is InChI=1S/C29H30Cl2N2O2S/c1-5-14-32(28(35)20-8-11-23(30)24(31)17-20)18-26(34)33-15-12-25-22(13-16-36-25)27(33)19-6-9-21(10-7-19)29(2,3)4/h5-11,13,16-17,27H,1,12,14-15,18H2,2-4H3. The third kappa shape index (κ3) is 5.54. The van der Waals surface area contributed by atoms with Crippen molar-refractivity contribution in [3.05, 3.63) is 104 Å². The molecule has 0 spiro atoms. The third-order valence-electron chi connectivity index (χ3n) is 6.51. The lowest BCUT2D eigenvalue weighted by Gasteiger charge is -2.37. The summed E-state index contributed by atoms with van der Waals surface area (Å²) in [6, 6.07) is 15.2. The third-order valence-corrected chi connectivity index (χ3v) is 8.24. The minimum Gasteiger partial charge on any atom is -0.330 e. The summed E-state index contributed by atoms with van der Waals surface area (Å²) in [6.45, 7) is 11.1. The van der Waals surface area contributed by atoms with Gasteiger partial charge in [0, 0.05) is 23.5 Å². The van der Waals surface area contributed by atoms with Crippen LogP contribution in [-0.4, -0.2) is 41.2 Å². The summed E-state index contributed by atoms with van der Waals surface area (Å²) in [5.41, 5.74) is 3.91. The molecule has 4 rings (SSSR count). The first-order valence-electron chi connectivity index (χ1n) is 11.9. The highest BCUT2D eigenvalue weighted by Crippen LogP contribution is 2.38. The Morgan fingerprint density at radius 1 is 1.11 bits per heavy atom. The summed E-state index contributed by atoms with van der Waals surface area (Å²) in [7, 11) is 0. The molecule has 1 aromatic heterocycles. The number of benzene rings is 2. The van der Waals surface area contributed by atoms with Crippen LogP contribution in [0.2, 0.25) is 10.0 Å². The van der Waals surface area contributed by atoms with Crippen LogP contribution in [0.3, 0.4) is 0 Å². The van der Waals surface area contributed by atoms with E-state index in [1.807, 2.05) is 4.90 Å². The van der Waals surface area contributed by atoms with Gasteiger partial charge in [0.2, 0.25) is 5.91 Å². The van der Waals surface area contributed by atoms with Gasteiger partial charge in [0.05, 0.1) is 16.1 Å². The molecule has 2 amide bonds. The molecule has 1 atom stereocenters. The van der Waals surface area contributed by atoms with Crippen molar-refractivity contribution in [3.63, 3.8) is 0 Å². The SMILES string of the molecule is C=CCN(CC(=O)N1CCc2sccc2C1c1ccc(C(C)(C)C)cc1)C(=O)c1ccc(Cl)c(Cl)c1. The van der Waals surface area contributed by atoms with E-state index in [9.17, 15) is 9.59 Å². The molecule has 0 radical (unpaired) electrons. The molecule has 4 nitrogen and oxygen atoms in total. The number of fused-ring (bicyclic) bond motifs is 1. The van der Waals surface area contributed by atoms with Crippen LogP contribution in [0.15, 0.2) is 66.6 Å². The Hall–Kier alpha value is -2.60. The van der Waals surface area contributed by atoms with Crippen LogP contribution in [-0.2, 0) is 16.6 Å². The second-order valence-corrected chi connectivity index (χ2v) is 11.8. The Labute approximate surface area is 227 Å². The van der Waals surface area contributed by atoms with Crippen LogP contribution >= 0.6 is 34.5 Å². The molecule has 0 aliphatic carbocycles. The van der Waals surface area contributed by atoms with Crippen molar-refractivity contribution in [1.82, 2.24) is 9.80 Å². The number of nitrogens with zero attached hydrogens (tertiary/aromatic N) is 2. The lowest BCUT2D eigenvalue weighted by Crippen LogP contribution is -2.46. The molecule has 0 N–H and O–H groups in total. The Balaban J connectivity index is 1.62. The first kappa shape index (κ1) is 26.5. The van der Waals surface area contributed by atoms with Gasteiger partial charge in [-0.2, -0.15) is 0 Å². The first-order valence-corrected chi connectivity index (χ1v) is 13.5. The van der Waals surface area contributed by atoms with E-state index in [2.05, 4.69) is 63.1 Å². The Bertz CT molecular complexity index is 1280. The molecular weight excluding hydrogens is 511 g/mol. The number of carbonyl (C=O) groups excluding carboxylic acids is 2. The van der Waals surface area contributed by atoms with Crippen LogP contribution in [0.5, 0.6) is 0 Å². The van der Waals surface area contributed by atoms with Crippen LogP contribution in [0.1, 0.15) is 58.7 Å². The second-order valence-electron chi connectivity index (χ2n) is 10.0. The van der Waals surface area contributed by atoms with Gasteiger partial charge in [-0.3, -0.25) is 9.59 Å². The number of hydrogen-bond acceptors (Lipinski definition) is 3.